The Balaban J connectivity index is 1.37. The van der Waals surface area contributed by atoms with Gasteiger partial charge in [-0.25, -0.2) is 9.97 Å². The van der Waals surface area contributed by atoms with Crippen LogP contribution in [0.1, 0.15) is 59.7 Å². The van der Waals surface area contributed by atoms with E-state index in [0.717, 1.165) is 41.9 Å². The highest BCUT2D eigenvalue weighted by Gasteiger charge is 2.50. The van der Waals surface area contributed by atoms with E-state index in [-0.39, 0.29) is 30.2 Å². The Morgan fingerprint density at radius 1 is 1.11 bits per heavy atom. The molecule has 38 heavy (non-hydrogen) atoms. The number of nitrogens with zero attached hydrogens (tertiary/aromatic N) is 5. The summed E-state index contributed by atoms with van der Waals surface area (Å²) >= 11 is 0. The average molecular weight is 505 g/mol. The molecular weight excluding hydrogens is 476 g/mol. The molecule has 1 aromatic carbocycles. The summed E-state index contributed by atoms with van der Waals surface area (Å²) in [7, 11) is 0. The molecule has 1 amide bonds. The number of imidazole rings is 1. The average Bonchev–Trinajstić information content (AvgIpc) is 3.63. The van der Waals surface area contributed by atoms with Gasteiger partial charge < -0.3 is 10.6 Å². The van der Waals surface area contributed by atoms with Crippen molar-refractivity contribution >= 4 is 23.0 Å². The van der Waals surface area contributed by atoms with Crippen LogP contribution in [-0.2, 0) is 11.2 Å². The lowest BCUT2D eigenvalue weighted by Gasteiger charge is -2.33. The number of benzene rings is 1. The molecule has 4 heterocycles. The molecule has 0 spiro atoms. The van der Waals surface area contributed by atoms with E-state index in [1.807, 2.05) is 58.8 Å². The molecule has 1 aliphatic heterocycles. The monoisotopic (exact) mass is 504 g/mol. The number of carbonyl (C=O) groups excluding carboxylic acids is 2. The number of pyridine rings is 1. The number of carbonyl (C=O) groups is 2. The number of likely N-dealkylation sites (tertiary alicyclic amines) is 1. The SMILES string of the molecule is CC#CC(=O)N1C2CC[C@@H](C2)C1c1nc(-c2ccc(C(=O)Cc3cc(C)ccn3)cc2)c2c(N)nccn12. The fourth-order valence-electron chi connectivity index (χ4n) is 6.06. The Kier molecular flexibility index (Phi) is 5.91. The molecule has 2 fully saturated rings. The van der Waals surface area contributed by atoms with E-state index in [1.165, 1.54) is 0 Å². The van der Waals surface area contributed by atoms with Crippen LogP contribution in [0, 0.1) is 24.7 Å². The van der Waals surface area contributed by atoms with E-state index in [4.69, 9.17) is 10.7 Å². The van der Waals surface area contributed by atoms with Crippen molar-refractivity contribution in [3.63, 3.8) is 0 Å². The van der Waals surface area contributed by atoms with Crippen molar-refractivity contribution in [1.82, 2.24) is 24.3 Å². The Morgan fingerprint density at radius 3 is 2.68 bits per heavy atom. The van der Waals surface area contributed by atoms with E-state index in [2.05, 4.69) is 21.8 Å². The van der Waals surface area contributed by atoms with Crippen molar-refractivity contribution in [3.8, 4) is 23.1 Å². The number of ketones is 1. The first-order chi connectivity index (χ1) is 18.4. The van der Waals surface area contributed by atoms with E-state index in [0.29, 0.717) is 28.5 Å². The second-order valence-electron chi connectivity index (χ2n) is 10.1. The third-order valence-electron chi connectivity index (χ3n) is 7.72. The lowest BCUT2D eigenvalue weighted by Crippen LogP contribution is -2.40. The summed E-state index contributed by atoms with van der Waals surface area (Å²) < 4.78 is 1.96. The molecule has 1 saturated heterocycles. The smallest absolute Gasteiger partial charge is 0.299 e. The molecule has 2 N–H and O–H groups in total. The van der Waals surface area contributed by atoms with Crippen LogP contribution in [0.4, 0.5) is 5.82 Å². The van der Waals surface area contributed by atoms with Crippen LogP contribution >= 0.6 is 0 Å². The highest BCUT2D eigenvalue weighted by molar-refractivity contribution is 5.98. The third-order valence-corrected chi connectivity index (χ3v) is 7.72. The number of amides is 1. The third kappa shape index (κ3) is 4.01. The number of aryl methyl sites for hydroxylation is 1. The van der Waals surface area contributed by atoms with Crippen LogP contribution in [-0.4, -0.2) is 42.0 Å². The minimum atomic E-state index is -0.173. The maximum absolute atomic E-state index is 13.0. The zero-order chi connectivity index (χ0) is 26.4. The van der Waals surface area contributed by atoms with Crippen LogP contribution in [0.3, 0.4) is 0 Å². The molecular formula is C30H28N6O2. The number of piperidine rings is 1. The van der Waals surface area contributed by atoms with Gasteiger partial charge in [0.05, 0.1) is 12.5 Å². The lowest BCUT2D eigenvalue weighted by atomic mass is 9.97. The van der Waals surface area contributed by atoms with Gasteiger partial charge in [0, 0.05) is 41.5 Å². The highest BCUT2D eigenvalue weighted by atomic mass is 16.2. The zero-order valence-corrected chi connectivity index (χ0v) is 21.4. The van der Waals surface area contributed by atoms with Crippen molar-refractivity contribution in [2.75, 3.05) is 5.73 Å². The maximum Gasteiger partial charge on any atom is 0.299 e. The number of nitrogen functional groups attached to an aromatic ring is 1. The normalized spacial score (nSPS) is 19.9. The zero-order valence-electron chi connectivity index (χ0n) is 21.4. The van der Waals surface area contributed by atoms with Gasteiger partial charge in [0.15, 0.2) is 5.78 Å². The number of rotatable bonds is 5. The van der Waals surface area contributed by atoms with Gasteiger partial charge in [-0.1, -0.05) is 30.2 Å². The molecule has 2 bridgehead atoms. The standard InChI is InChI=1S/C30H28N6O2/c1-3-4-25(38)36-23-10-9-21(16-23)27(36)30-34-26(28-29(31)33-13-14-35(28)30)20-7-5-19(6-8-20)24(37)17-22-15-18(2)11-12-32-22/h5-8,11-15,21,23,27H,9-10,16-17H2,1-2H3,(H2,31,33)/t21-,23?,27?/m0/s1. The van der Waals surface area contributed by atoms with Crippen molar-refractivity contribution in [1.29, 1.82) is 0 Å². The maximum atomic E-state index is 13.0. The molecule has 2 aliphatic rings. The molecule has 1 aliphatic carbocycles. The van der Waals surface area contributed by atoms with Crippen molar-refractivity contribution in [2.24, 2.45) is 5.92 Å². The van der Waals surface area contributed by atoms with E-state index < -0.39 is 0 Å². The van der Waals surface area contributed by atoms with Crippen LogP contribution in [0.2, 0.25) is 0 Å². The van der Waals surface area contributed by atoms with Crippen LogP contribution in [0.25, 0.3) is 16.8 Å². The number of anilines is 1. The fourth-order valence-corrected chi connectivity index (χ4v) is 6.06. The van der Waals surface area contributed by atoms with Gasteiger partial charge >= 0.3 is 0 Å². The first-order valence-electron chi connectivity index (χ1n) is 12.9. The molecule has 6 rings (SSSR count). The Bertz CT molecular complexity index is 1630. The highest BCUT2D eigenvalue weighted by Crippen LogP contribution is 2.50. The summed E-state index contributed by atoms with van der Waals surface area (Å²) in [6.45, 7) is 3.67. The molecule has 2 unspecified atom stereocenters. The minimum Gasteiger partial charge on any atom is -0.382 e. The number of hydrogen-bond acceptors (Lipinski definition) is 6. The van der Waals surface area contributed by atoms with Crippen LogP contribution < -0.4 is 5.73 Å². The van der Waals surface area contributed by atoms with Gasteiger partial charge in [-0.2, -0.15) is 0 Å². The number of nitrogens with two attached hydrogens (primary N) is 1. The Hall–Kier alpha value is -4.51. The molecule has 3 atom stereocenters. The molecule has 4 aromatic rings. The summed E-state index contributed by atoms with van der Waals surface area (Å²) in [6, 6.07) is 11.3. The fraction of sp³-hybridized carbons (Fsp3) is 0.300. The lowest BCUT2D eigenvalue weighted by molar-refractivity contribution is -0.129. The second-order valence-corrected chi connectivity index (χ2v) is 10.1. The Morgan fingerprint density at radius 2 is 1.92 bits per heavy atom. The van der Waals surface area contributed by atoms with E-state index >= 15 is 0 Å². The van der Waals surface area contributed by atoms with Crippen LogP contribution in [0.5, 0.6) is 0 Å². The summed E-state index contributed by atoms with van der Waals surface area (Å²) in [6.07, 6.45) is 8.47. The number of aromatic nitrogens is 4. The van der Waals surface area contributed by atoms with Crippen LogP contribution in [0.15, 0.2) is 55.0 Å². The van der Waals surface area contributed by atoms with Gasteiger partial charge in [-0.05, 0) is 62.6 Å². The molecule has 3 aromatic heterocycles. The minimum absolute atomic E-state index is 0.000568. The second kappa shape index (κ2) is 9.42. The number of hydrogen-bond donors (Lipinski definition) is 1. The first-order valence-corrected chi connectivity index (χ1v) is 12.9. The summed E-state index contributed by atoms with van der Waals surface area (Å²) in [5.41, 5.74) is 11.0. The Labute approximate surface area is 220 Å². The van der Waals surface area contributed by atoms with Gasteiger partial charge in [0.2, 0.25) is 0 Å². The van der Waals surface area contributed by atoms with Gasteiger partial charge in [-0.15, -0.1) is 0 Å². The molecule has 190 valence electrons. The topological polar surface area (TPSA) is 106 Å². The summed E-state index contributed by atoms with van der Waals surface area (Å²) in [5, 5.41) is 0. The first kappa shape index (κ1) is 23.9. The van der Waals surface area contributed by atoms with Gasteiger partial charge in [-0.3, -0.25) is 19.0 Å². The molecule has 8 nitrogen and oxygen atoms in total. The quantitative estimate of drug-likeness (QED) is 0.323. The predicted molar refractivity (Wildman–Crippen MR) is 144 cm³/mol. The van der Waals surface area contributed by atoms with Gasteiger partial charge in [0.25, 0.3) is 5.91 Å². The molecule has 8 heteroatoms. The van der Waals surface area contributed by atoms with E-state index in [1.54, 1.807) is 19.3 Å². The van der Waals surface area contributed by atoms with Crippen molar-refractivity contribution in [3.05, 3.63) is 77.6 Å². The number of fused-ring (bicyclic) bond motifs is 3. The summed E-state index contributed by atoms with van der Waals surface area (Å²) in [4.78, 5) is 41.5. The van der Waals surface area contributed by atoms with Gasteiger partial charge in [0.1, 0.15) is 22.9 Å². The number of Topliss-reactive ketones (excluding diaryl/α,β-unsaturated/α-hetero) is 1. The largest absolute Gasteiger partial charge is 0.382 e. The molecule has 1 saturated carbocycles. The van der Waals surface area contributed by atoms with E-state index in [9.17, 15) is 9.59 Å². The summed E-state index contributed by atoms with van der Waals surface area (Å²) in [5.74, 6) is 6.79. The predicted octanol–water partition coefficient (Wildman–Crippen LogP) is 4.18. The van der Waals surface area contributed by atoms with Crippen molar-refractivity contribution < 1.29 is 9.59 Å². The van der Waals surface area contributed by atoms with Crippen molar-refractivity contribution in [2.45, 2.75) is 51.6 Å². The molecule has 0 radical (unpaired) electrons.